The van der Waals surface area contributed by atoms with Gasteiger partial charge < -0.3 is 10.0 Å². The highest BCUT2D eigenvalue weighted by Gasteiger charge is 2.42. The third-order valence-corrected chi connectivity index (χ3v) is 4.44. The molecule has 1 aliphatic heterocycles. The van der Waals surface area contributed by atoms with E-state index >= 15 is 0 Å². The van der Waals surface area contributed by atoms with E-state index < -0.39 is 0 Å². The summed E-state index contributed by atoms with van der Waals surface area (Å²) >= 11 is 0. The summed E-state index contributed by atoms with van der Waals surface area (Å²) in [6, 6.07) is 7.80. The largest absolute Gasteiger partial charge is 0.393 e. The lowest BCUT2D eigenvalue weighted by Gasteiger charge is -2.22. The number of aliphatic hydroxyl groups excluding tert-OH is 1. The van der Waals surface area contributed by atoms with Gasteiger partial charge in [-0.25, -0.2) is 0 Å². The van der Waals surface area contributed by atoms with E-state index in [2.05, 4.69) is 4.90 Å². The zero-order valence-corrected chi connectivity index (χ0v) is 10.7. The number of nitrogens with zero attached hydrogens (tertiary/aromatic N) is 1. The van der Waals surface area contributed by atoms with Crippen LogP contribution in [0.1, 0.15) is 30.1 Å². The molecule has 3 nitrogen and oxygen atoms in total. The van der Waals surface area contributed by atoms with Gasteiger partial charge in [-0.15, -0.1) is 0 Å². The van der Waals surface area contributed by atoms with Crippen molar-refractivity contribution in [3.05, 3.63) is 29.8 Å². The Labute approximate surface area is 107 Å². The van der Waals surface area contributed by atoms with Crippen molar-refractivity contribution in [2.75, 3.05) is 18.0 Å². The minimum absolute atomic E-state index is 0.114. The second-order valence-electron chi connectivity index (χ2n) is 5.55. The maximum atomic E-state index is 11.7. The summed E-state index contributed by atoms with van der Waals surface area (Å²) in [5, 5.41) is 9.95. The van der Waals surface area contributed by atoms with E-state index in [0.717, 1.165) is 37.2 Å². The maximum Gasteiger partial charge on any atom is 0.161 e. The molecule has 0 spiro atoms. The molecule has 0 radical (unpaired) electrons. The second-order valence-corrected chi connectivity index (χ2v) is 5.55. The lowest BCUT2D eigenvalue weighted by atomic mass is 10.00. The average molecular weight is 245 g/mol. The molecule has 3 atom stereocenters. The lowest BCUT2D eigenvalue weighted by molar-refractivity contribution is 0.101. The molecule has 1 saturated heterocycles. The first-order valence-electron chi connectivity index (χ1n) is 6.70. The number of Topliss-reactive ketones (excluding diaryl/α,β-unsaturated/α-hetero) is 1. The van der Waals surface area contributed by atoms with Crippen molar-refractivity contribution in [2.24, 2.45) is 11.8 Å². The van der Waals surface area contributed by atoms with Gasteiger partial charge in [0.05, 0.1) is 6.10 Å². The Morgan fingerprint density at radius 3 is 2.78 bits per heavy atom. The van der Waals surface area contributed by atoms with Crippen molar-refractivity contribution in [1.29, 1.82) is 0 Å². The van der Waals surface area contributed by atoms with Crippen molar-refractivity contribution < 1.29 is 9.90 Å². The quantitative estimate of drug-likeness (QED) is 0.811. The molecule has 3 unspecified atom stereocenters. The van der Waals surface area contributed by atoms with Crippen LogP contribution in [-0.4, -0.2) is 30.1 Å². The van der Waals surface area contributed by atoms with Crippen molar-refractivity contribution in [1.82, 2.24) is 0 Å². The summed E-state index contributed by atoms with van der Waals surface area (Å²) in [6.07, 6.45) is 1.91. The summed E-state index contributed by atoms with van der Waals surface area (Å²) in [5.41, 5.74) is 1.83. The van der Waals surface area contributed by atoms with E-state index in [4.69, 9.17) is 0 Å². The molecule has 0 bridgehead atoms. The van der Waals surface area contributed by atoms with Crippen molar-refractivity contribution in [3.63, 3.8) is 0 Å². The van der Waals surface area contributed by atoms with Gasteiger partial charge in [0.1, 0.15) is 0 Å². The Kier molecular flexibility index (Phi) is 2.86. The van der Waals surface area contributed by atoms with E-state index in [0.29, 0.717) is 11.8 Å². The molecular formula is C15H19NO2. The van der Waals surface area contributed by atoms with E-state index in [-0.39, 0.29) is 11.9 Å². The number of hydrogen-bond acceptors (Lipinski definition) is 3. The minimum Gasteiger partial charge on any atom is -0.393 e. The van der Waals surface area contributed by atoms with Crippen LogP contribution in [0.3, 0.4) is 0 Å². The number of fused-ring (bicyclic) bond motifs is 1. The van der Waals surface area contributed by atoms with E-state index in [1.807, 2.05) is 24.3 Å². The third kappa shape index (κ3) is 1.83. The molecule has 1 saturated carbocycles. The first kappa shape index (κ1) is 11.7. The van der Waals surface area contributed by atoms with Crippen LogP contribution in [-0.2, 0) is 0 Å². The third-order valence-electron chi connectivity index (χ3n) is 4.44. The van der Waals surface area contributed by atoms with Crippen molar-refractivity contribution >= 4 is 11.5 Å². The van der Waals surface area contributed by atoms with Gasteiger partial charge in [0.2, 0.25) is 0 Å². The fourth-order valence-electron chi connectivity index (χ4n) is 3.48. The summed E-state index contributed by atoms with van der Waals surface area (Å²) in [6.45, 7) is 3.48. The molecule has 2 fully saturated rings. The second kappa shape index (κ2) is 4.39. The van der Waals surface area contributed by atoms with Gasteiger partial charge >= 0.3 is 0 Å². The van der Waals surface area contributed by atoms with Gasteiger partial charge in [-0.05, 0) is 37.8 Å². The Bertz CT molecular complexity index is 471. The summed E-state index contributed by atoms with van der Waals surface area (Å²) < 4.78 is 0. The van der Waals surface area contributed by atoms with Crippen LogP contribution in [0.4, 0.5) is 5.69 Å². The highest BCUT2D eigenvalue weighted by Crippen LogP contribution is 2.40. The highest BCUT2D eigenvalue weighted by atomic mass is 16.3. The molecule has 1 aromatic carbocycles. The van der Waals surface area contributed by atoms with Crippen molar-refractivity contribution in [3.8, 4) is 0 Å². The molecule has 3 rings (SSSR count). The first-order chi connectivity index (χ1) is 8.66. The molecule has 1 N–H and O–H groups in total. The molecule has 0 amide bonds. The molecule has 96 valence electrons. The van der Waals surface area contributed by atoms with Gasteiger partial charge in [-0.2, -0.15) is 0 Å². The summed E-state index contributed by atoms with van der Waals surface area (Å²) in [4.78, 5) is 13.9. The van der Waals surface area contributed by atoms with Gasteiger partial charge in [0.15, 0.2) is 5.78 Å². The predicted molar refractivity (Wildman–Crippen MR) is 70.9 cm³/mol. The number of aliphatic hydroxyl groups is 1. The molecular weight excluding hydrogens is 226 g/mol. The Morgan fingerprint density at radius 1 is 1.28 bits per heavy atom. The number of anilines is 1. The first-order valence-corrected chi connectivity index (χ1v) is 6.70. The average Bonchev–Trinajstić information content (AvgIpc) is 2.92. The lowest BCUT2D eigenvalue weighted by Crippen LogP contribution is -2.25. The predicted octanol–water partition coefficient (Wildman–Crippen LogP) is 2.10. The highest BCUT2D eigenvalue weighted by molar-refractivity contribution is 5.99. The van der Waals surface area contributed by atoms with E-state index in [9.17, 15) is 9.90 Å². The van der Waals surface area contributed by atoms with E-state index in [1.54, 1.807) is 6.92 Å². The molecule has 3 heteroatoms. The maximum absolute atomic E-state index is 11.7. The van der Waals surface area contributed by atoms with Crippen molar-refractivity contribution in [2.45, 2.75) is 25.9 Å². The number of ketones is 1. The fraction of sp³-hybridized carbons (Fsp3) is 0.533. The SMILES string of the molecule is CC(=O)c1ccccc1N1CC2CCC(O)C2C1. The van der Waals surface area contributed by atoms with Crippen LogP contribution in [0.2, 0.25) is 0 Å². The minimum atomic E-state index is -0.149. The topological polar surface area (TPSA) is 40.5 Å². The van der Waals surface area contributed by atoms with Crippen LogP contribution >= 0.6 is 0 Å². The van der Waals surface area contributed by atoms with Gasteiger partial charge in [0.25, 0.3) is 0 Å². The number of carbonyl (C=O) groups is 1. The molecule has 0 aromatic heterocycles. The van der Waals surface area contributed by atoms with Crippen LogP contribution in [0.15, 0.2) is 24.3 Å². The van der Waals surface area contributed by atoms with Crippen LogP contribution in [0.25, 0.3) is 0 Å². The Morgan fingerprint density at radius 2 is 2.06 bits per heavy atom. The van der Waals surface area contributed by atoms with Gasteiger partial charge in [0, 0.05) is 30.3 Å². The number of rotatable bonds is 2. The molecule has 1 aliphatic carbocycles. The van der Waals surface area contributed by atoms with Gasteiger partial charge in [-0.3, -0.25) is 4.79 Å². The van der Waals surface area contributed by atoms with Crippen LogP contribution < -0.4 is 4.90 Å². The van der Waals surface area contributed by atoms with Crippen LogP contribution in [0, 0.1) is 11.8 Å². The fourth-order valence-corrected chi connectivity index (χ4v) is 3.48. The van der Waals surface area contributed by atoms with E-state index in [1.165, 1.54) is 0 Å². The number of para-hydroxylation sites is 1. The van der Waals surface area contributed by atoms with Gasteiger partial charge in [-0.1, -0.05) is 12.1 Å². The zero-order valence-electron chi connectivity index (χ0n) is 10.7. The normalized spacial score (nSPS) is 30.6. The number of benzene rings is 1. The molecule has 1 aromatic rings. The standard InChI is InChI=1S/C15H19NO2/c1-10(17)12-4-2-3-5-14(12)16-8-11-6-7-15(18)13(11)9-16/h2-5,11,13,15,18H,6-9H2,1H3. The number of carbonyl (C=O) groups excluding carboxylic acids is 1. The Hall–Kier alpha value is -1.35. The molecule has 18 heavy (non-hydrogen) atoms. The number of hydrogen-bond donors (Lipinski definition) is 1. The summed E-state index contributed by atoms with van der Waals surface area (Å²) in [5.74, 6) is 1.10. The monoisotopic (exact) mass is 245 g/mol. The molecule has 1 heterocycles. The molecule has 2 aliphatic rings. The Balaban J connectivity index is 1.87. The zero-order chi connectivity index (χ0) is 12.7. The van der Waals surface area contributed by atoms with Crippen LogP contribution in [0.5, 0.6) is 0 Å². The summed E-state index contributed by atoms with van der Waals surface area (Å²) in [7, 11) is 0. The smallest absolute Gasteiger partial charge is 0.161 e.